The zero-order valence-corrected chi connectivity index (χ0v) is 11.3. The average molecular weight is 211 g/mol. The van der Waals surface area contributed by atoms with E-state index in [4.69, 9.17) is 0 Å². The summed E-state index contributed by atoms with van der Waals surface area (Å²) in [7, 11) is 0. The van der Waals surface area contributed by atoms with Crippen LogP contribution in [0.1, 0.15) is 60.3 Å². The van der Waals surface area contributed by atoms with Crippen molar-refractivity contribution in [1.29, 1.82) is 0 Å². The molecule has 1 aliphatic carbocycles. The van der Waals surface area contributed by atoms with Crippen LogP contribution in [0.25, 0.3) is 0 Å². The number of hydrogen-bond acceptors (Lipinski definition) is 1. The van der Waals surface area contributed by atoms with Crippen molar-refractivity contribution in [1.82, 2.24) is 5.32 Å². The molecule has 0 spiro atoms. The third-order valence-corrected chi connectivity index (χ3v) is 3.55. The fourth-order valence-corrected chi connectivity index (χ4v) is 1.97. The van der Waals surface area contributed by atoms with Crippen LogP contribution in [-0.2, 0) is 0 Å². The van der Waals surface area contributed by atoms with Gasteiger partial charge >= 0.3 is 0 Å². The third kappa shape index (κ3) is 5.55. The van der Waals surface area contributed by atoms with E-state index in [1.165, 1.54) is 32.2 Å². The summed E-state index contributed by atoms with van der Waals surface area (Å²) in [6.45, 7) is 13.0. The van der Waals surface area contributed by atoms with Gasteiger partial charge in [-0.25, -0.2) is 0 Å². The Balaban J connectivity index is 2.30. The SMILES string of the molecule is CC(C)CCC(CNC1CC1)C(C)(C)C. The highest BCUT2D eigenvalue weighted by Crippen LogP contribution is 2.31. The van der Waals surface area contributed by atoms with Gasteiger partial charge in [-0.1, -0.05) is 41.0 Å². The Kier molecular flexibility index (Phi) is 4.64. The molecule has 0 aliphatic heterocycles. The Morgan fingerprint density at radius 3 is 2.13 bits per heavy atom. The lowest BCUT2D eigenvalue weighted by Crippen LogP contribution is -2.33. The van der Waals surface area contributed by atoms with Crippen LogP contribution in [0.2, 0.25) is 0 Å². The fraction of sp³-hybridized carbons (Fsp3) is 1.00. The van der Waals surface area contributed by atoms with Crippen molar-refractivity contribution in [3.8, 4) is 0 Å². The molecule has 1 rings (SSSR count). The molecule has 0 radical (unpaired) electrons. The molecule has 1 nitrogen and oxygen atoms in total. The lowest BCUT2D eigenvalue weighted by Gasteiger charge is -2.31. The van der Waals surface area contributed by atoms with Crippen molar-refractivity contribution in [2.75, 3.05) is 6.54 Å². The molecule has 1 N–H and O–H groups in total. The Bertz CT molecular complexity index is 168. The van der Waals surface area contributed by atoms with Crippen LogP contribution in [0.15, 0.2) is 0 Å². The molecule has 0 bridgehead atoms. The summed E-state index contributed by atoms with van der Waals surface area (Å²) < 4.78 is 0. The molecule has 90 valence electrons. The van der Waals surface area contributed by atoms with E-state index in [2.05, 4.69) is 39.9 Å². The molecule has 1 fully saturated rings. The fourth-order valence-electron chi connectivity index (χ4n) is 1.97. The van der Waals surface area contributed by atoms with Gasteiger partial charge in [0.05, 0.1) is 0 Å². The highest BCUT2D eigenvalue weighted by molar-refractivity contribution is 4.84. The van der Waals surface area contributed by atoms with Crippen molar-refractivity contribution in [2.24, 2.45) is 17.3 Å². The van der Waals surface area contributed by atoms with E-state index < -0.39 is 0 Å². The minimum absolute atomic E-state index is 0.455. The van der Waals surface area contributed by atoms with Crippen LogP contribution in [0.5, 0.6) is 0 Å². The third-order valence-electron chi connectivity index (χ3n) is 3.55. The second kappa shape index (κ2) is 5.34. The van der Waals surface area contributed by atoms with E-state index in [0.717, 1.165) is 17.9 Å². The molecule has 0 saturated heterocycles. The number of hydrogen-bond donors (Lipinski definition) is 1. The van der Waals surface area contributed by atoms with Crippen LogP contribution in [0.3, 0.4) is 0 Å². The molecule has 1 aliphatic rings. The summed E-state index contributed by atoms with van der Waals surface area (Å²) in [5, 5.41) is 3.69. The molecule has 1 unspecified atom stereocenters. The molecule has 1 heteroatoms. The van der Waals surface area contributed by atoms with E-state index in [9.17, 15) is 0 Å². The van der Waals surface area contributed by atoms with Gasteiger partial charge in [-0.3, -0.25) is 0 Å². The Labute approximate surface area is 96.0 Å². The van der Waals surface area contributed by atoms with E-state index in [1.807, 2.05) is 0 Å². The van der Waals surface area contributed by atoms with E-state index in [-0.39, 0.29) is 0 Å². The van der Waals surface area contributed by atoms with Gasteiger partial charge in [-0.05, 0) is 43.1 Å². The summed E-state index contributed by atoms with van der Waals surface area (Å²) in [5.74, 6) is 1.68. The highest BCUT2D eigenvalue weighted by Gasteiger charge is 2.27. The standard InChI is InChI=1S/C14H29N/c1-11(2)6-7-12(14(3,4)5)10-15-13-8-9-13/h11-13,15H,6-10H2,1-5H3. The lowest BCUT2D eigenvalue weighted by molar-refractivity contribution is 0.207. The first-order valence-corrected chi connectivity index (χ1v) is 6.63. The van der Waals surface area contributed by atoms with Crippen LogP contribution >= 0.6 is 0 Å². The Hall–Kier alpha value is -0.0400. The van der Waals surface area contributed by atoms with Gasteiger partial charge in [0.2, 0.25) is 0 Å². The maximum atomic E-state index is 3.69. The van der Waals surface area contributed by atoms with Gasteiger partial charge in [-0.2, -0.15) is 0 Å². The second-order valence-electron chi connectivity index (χ2n) is 6.72. The summed E-state index contributed by atoms with van der Waals surface area (Å²) >= 11 is 0. The smallest absolute Gasteiger partial charge is 0.00683 e. The number of rotatable bonds is 6. The summed E-state index contributed by atoms with van der Waals surface area (Å²) in [4.78, 5) is 0. The maximum Gasteiger partial charge on any atom is 0.00683 e. The molecule has 0 heterocycles. The zero-order valence-electron chi connectivity index (χ0n) is 11.3. The van der Waals surface area contributed by atoms with Gasteiger partial charge in [0, 0.05) is 6.04 Å². The maximum absolute atomic E-state index is 3.69. The van der Waals surface area contributed by atoms with E-state index in [0.29, 0.717) is 5.41 Å². The van der Waals surface area contributed by atoms with E-state index in [1.54, 1.807) is 0 Å². The second-order valence-corrected chi connectivity index (χ2v) is 6.72. The largest absolute Gasteiger partial charge is 0.314 e. The summed E-state index contributed by atoms with van der Waals surface area (Å²) in [6.07, 6.45) is 5.55. The van der Waals surface area contributed by atoms with Crippen LogP contribution < -0.4 is 5.32 Å². The summed E-state index contributed by atoms with van der Waals surface area (Å²) in [5.41, 5.74) is 0.455. The minimum atomic E-state index is 0.455. The van der Waals surface area contributed by atoms with Gasteiger partial charge in [0.25, 0.3) is 0 Å². The predicted molar refractivity (Wildman–Crippen MR) is 68.0 cm³/mol. The van der Waals surface area contributed by atoms with Crippen molar-refractivity contribution < 1.29 is 0 Å². The molecular formula is C14H29N. The minimum Gasteiger partial charge on any atom is -0.314 e. The Morgan fingerprint density at radius 1 is 1.13 bits per heavy atom. The highest BCUT2D eigenvalue weighted by atomic mass is 14.9. The van der Waals surface area contributed by atoms with Crippen molar-refractivity contribution in [3.05, 3.63) is 0 Å². The normalized spacial score (nSPS) is 19.6. The van der Waals surface area contributed by atoms with E-state index >= 15 is 0 Å². The van der Waals surface area contributed by atoms with Gasteiger partial charge in [0.15, 0.2) is 0 Å². The predicted octanol–water partition coefficient (Wildman–Crippen LogP) is 3.84. The molecule has 0 aromatic carbocycles. The zero-order chi connectivity index (χ0) is 11.5. The van der Waals surface area contributed by atoms with Crippen LogP contribution in [-0.4, -0.2) is 12.6 Å². The molecule has 0 aromatic heterocycles. The quantitative estimate of drug-likeness (QED) is 0.704. The van der Waals surface area contributed by atoms with Crippen molar-refractivity contribution >= 4 is 0 Å². The van der Waals surface area contributed by atoms with Crippen LogP contribution in [0, 0.1) is 17.3 Å². The van der Waals surface area contributed by atoms with Crippen molar-refractivity contribution in [2.45, 2.75) is 66.3 Å². The monoisotopic (exact) mass is 211 g/mol. The molecule has 15 heavy (non-hydrogen) atoms. The topological polar surface area (TPSA) is 12.0 Å². The van der Waals surface area contributed by atoms with Gasteiger partial charge in [-0.15, -0.1) is 0 Å². The average Bonchev–Trinajstić information content (AvgIpc) is 2.84. The van der Waals surface area contributed by atoms with Gasteiger partial charge in [0.1, 0.15) is 0 Å². The van der Waals surface area contributed by atoms with Crippen LogP contribution in [0.4, 0.5) is 0 Å². The summed E-state index contributed by atoms with van der Waals surface area (Å²) in [6, 6.07) is 0.855. The first-order valence-electron chi connectivity index (χ1n) is 6.63. The Morgan fingerprint density at radius 2 is 1.73 bits per heavy atom. The number of nitrogens with one attached hydrogen (secondary N) is 1. The lowest BCUT2D eigenvalue weighted by atomic mass is 9.77. The molecule has 1 atom stereocenters. The first-order chi connectivity index (χ1) is 6.89. The molecule has 0 amide bonds. The molecule has 0 aromatic rings. The van der Waals surface area contributed by atoms with Gasteiger partial charge < -0.3 is 5.32 Å². The van der Waals surface area contributed by atoms with Crippen molar-refractivity contribution in [3.63, 3.8) is 0 Å². The molecule has 1 saturated carbocycles. The molecular weight excluding hydrogens is 182 g/mol. The first kappa shape index (κ1) is 13.0.